The first kappa shape index (κ1) is 29.0. The number of rotatable bonds is 10. The van der Waals surface area contributed by atoms with Crippen molar-refractivity contribution in [3.05, 3.63) is 94.1 Å². The van der Waals surface area contributed by atoms with Gasteiger partial charge in [0.25, 0.3) is 5.91 Å². The third-order valence-electron chi connectivity index (χ3n) is 6.30. The highest BCUT2D eigenvalue weighted by Crippen LogP contribution is 2.41. The van der Waals surface area contributed by atoms with E-state index in [1.807, 2.05) is 0 Å². The number of Topliss-reactive ketones (excluding diaryl/α,β-unsaturated/α-hetero) is 1. The Balaban J connectivity index is 1.57. The van der Waals surface area contributed by atoms with Gasteiger partial charge >= 0.3 is 0 Å². The lowest BCUT2D eigenvalue weighted by molar-refractivity contribution is -0.114. The summed E-state index contributed by atoms with van der Waals surface area (Å²) in [7, 11) is 3.01. The maximum atomic E-state index is 13.7. The van der Waals surface area contributed by atoms with Gasteiger partial charge in [0.05, 0.1) is 60.1 Å². The SMILES string of the molecule is COc1ccc(OC)c(NC(=O)C2=C(C)NC(SCC(=O)Nc3ccc(C(C)=O)cc3)=C(C#N)[C@H]2c2ccco2)c1. The quantitative estimate of drug-likeness (QED) is 0.279. The molecule has 2 heterocycles. The molecular weight excluding hydrogens is 544 g/mol. The second-order valence-electron chi connectivity index (χ2n) is 8.96. The summed E-state index contributed by atoms with van der Waals surface area (Å²) in [6.07, 6.45) is 1.47. The largest absolute Gasteiger partial charge is 0.497 e. The van der Waals surface area contributed by atoms with Crippen LogP contribution in [0.15, 0.2) is 87.1 Å². The monoisotopic (exact) mass is 572 g/mol. The topological polar surface area (TPSA) is 143 Å². The number of nitriles is 1. The molecule has 10 nitrogen and oxygen atoms in total. The Labute approximate surface area is 241 Å². The van der Waals surface area contributed by atoms with Gasteiger partial charge in [-0.1, -0.05) is 11.8 Å². The molecule has 11 heteroatoms. The highest BCUT2D eigenvalue weighted by Gasteiger charge is 2.36. The Morgan fingerprint density at radius 2 is 1.83 bits per heavy atom. The van der Waals surface area contributed by atoms with E-state index in [2.05, 4.69) is 22.0 Å². The van der Waals surface area contributed by atoms with Crippen molar-refractivity contribution >= 4 is 40.7 Å². The van der Waals surface area contributed by atoms with E-state index < -0.39 is 11.8 Å². The van der Waals surface area contributed by atoms with Crippen LogP contribution in [-0.4, -0.2) is 37.6 Å². The van der Waals surface area contributed by atoms with Crippen LogP contribution in [0.5, 0.6) is 11.5 Å². The van der Waals surface area contributed by atoms with Crippen molar-refractivity contribution in [1.29, 1.82) is 5.26 Å². The molecule has 0 radical (unpaired) electrons. The van der Waals surface area contributed by atoms with Gasteiger partial charge in [0, 0.05) is 23.0 Å². The minimum atomic E-state index is -0.822. The molecule has 0 fully saturated rings. The second kappa shape index (κ2) is 12.9. The molecule has 3 N–H and O–H groups in total. The first-order valence-corrected chi connectivity index (χ1v) is 13.5. The molecule has 1 aromatic heterocycles. The number of allylic oxidation sites excluding steroid dienone is 2. The zero-order chi connectivity index (χ0) is 29.5. The fourth-order valence-corrected chi connectivity index (χ4v) is 5.18. The first-order chi connectivity index (χ1) is 19.7. The predicted octanol–water partition coefficient (Wildman–Crippen LogP) is 5.21. The molecular formula is C30H28N4O6S. The van der Waals surface area contributed by atoms with Crippen LogP contribution in [-0.2, 0) is 9.59 Å². The molecule has 2 aromatic carbocycles. The highest BCUT2D eigenvalue weighted by atomic mass is 32.2. The summed E-state index contributed by atoms with van der Waals surface area (Å²) in [6, 6.07) is 17.2. The van der Waals surface area contributed by atoms with Gasteiger partial charge in [-0.3, -0.25) is 14.4 Å². The van der Waals surface area contributed by atoms with Crippen LogP contribution >= 0.6 is 11.8 Å². The number of hydrogen-bond donors (Lipinski definition) is 3. The smallest absolute Gasteiger partial charge is 0.254 e. The van der Waals surface area contributed by atoms with Crippen molar-refractivity contribution in [3.8, 4) is 17.6 Å². The molecule has 0 aliphatic carbocycles. The average Bonchev–Trinajstić information content (AvgIpc) is 3.50. The number of amides is 2. The molecule has 41 heavy (non-hydrogen) atoms. The van der Waals surface area contributed by atoms with Gasteiger partial charge in [0.15, 0.2) is 5.78 Å². The molecule has 210 valence electrons. The molecule has 0 saturated heterocycles. The van der Waals surface area contributed by atoms with Gasteiger partial charge in [0.1, 0.15) is 17.3 Å². The third kappa shape index (κ3) is 6.62. The van der Waals surface area contributed by atoms with E-state index >= 15 is 0 Å². The van der Waals surface area contributed by atoms with Crippen molar-refractivity contribution < 1.29 is 28.3 Å². The lowest BCUT2D eigenvalue weighted by Gasteiger charge is -2.28. The number of methoxy groups -OCH3 is 2. The van der Waals surface area contributed by atoms with Crippen LogP contribution in [0.25, 0.3) is 0 Å². The van der Waals surface area contributed by atoms with Crippen LogP contribution < -0.4 is 25.4 Å². The molecule has 0 unspecified atom stereocenters. The van der Waals surface area contributed by atoms with Gasteiger partial charge in [-0.2, -0.15) is 5.26 Å². The zero-order valence-corrected chi connectivity index (χ0v) is 23.7. The summed E-state index contributed by atoms with van der Waals surface area (Å²) in [5.74, 6) is -0.305. The van der Waals surface area contributed by atoms with Crippen molar-refractivity contribution in [2.45, 2.75) is 19.8 Å². The normalized spacial score (nSPS) is 14.6. The Morgan fingerprint density at radius 1 is 1.07 bits per heavy atom. The van der Waals surface area contributed by atoms with E-state index in [9.17, 15) is 19.6 Å². The first-order valence-electron chi connectivity index (χ1n) is 12.5. The Kier molecular flexibility index (Phi) is 9.16. The molecule has 4 rings (SSSR count). The minimum absolute atomic E-state index is 0.0112. The number of ether oxygens (including phenoxy) is 2. The van der Waals surface area contributed by atoms with Crippen LogP contribution in [0.1, 0.15) is 35.9 Å². The van der Waals surface area contributed by atoms with E-state index in [0.29, 0.717) is 44.9 Å². The fourth-order valence-electron chi connectivity index (χ4n) is 4.29. The molecule has 0 saturated carbocycles. The van der Waals surface area contributed by atoms with Crippen molar-refractivity contribution in [2.75, 3.05) is 30.6 Å². The summed E-state index contributed by atoms with van der Waals surface area (Å²) >= 11 is 1.13. The zero-order valence-electron chi connectivity index (χ0n) is 22.9. The lowest BCUT2D eigenvalue weighted by Crippen LogP contribution is -2.31. The van der Waals surface area contributed by atoms with Crippen LogP contribution in [0.3, 0.4) is 0 Å². The maximum Gasteiger partial charge on any atom is 0.254 e. The van der Waals surface area contributed by atoms with Crippen molar-refractivity contribution in [1.82, 2.24) is 5.32 Å². The number of nitrogens with zero attached hydrogens (tertiary/aromatic N) is 1. The van der Waals surface area contributed by atoms with Crippen LogP contribution in [0.2, 0.25) is 0 Å². The van der Waals surface area contributed by atoms with Crippen LogP contribution in [0.4, 0.5) is 11.4 Å². The second-order valence-corrected chi connectivity index (χ2v) is 9.94. The van der Waals surface area contributed by atoms with Gasteiger partial charge in [-0.25, -0.2) is 0 Å². The number of hydrogen-bond acceptors (Lipinski definition) is 9. The Bertz CT molecular complexity index is 1570. The number of benzene rings is 2. The maximum absolute atomic E-state index is 13.7. The average molecular weight is 573 g/mol. The summed E-state index contributed by atoms with van der Waals surface area (Å²) in [5.41, 5.74) is 2.49. The summed E-state index contributed by atoms with van der Waals surface area (Å²) in [4.78, 5) is 37.9. The summed E-state index contributed by atoms with van der Waals surface area (Å²) < 4.78 is 16.3. The molecule has 3 aromatic rings. The minimum Gasteiger partial charge on any atom is -0.497 e. The van der Waals surface area contributed by atoms with Gasteiger partial charge in [0.2, 0.25) is 5.91 Å². The van der Waals surface area contributed by atoms with E-state index in [1.165, 1.54) is 27.4 Å². The van der Waals surface area contributed by atoms with E-state index in [0.717, 1.165) is 11.8 Å². The number of thioether (sulfide) groups is 1. The predicted molar refractivity (Wildman–Crippen MR) is 156 cm³/mol. The number of ketones is 1. The van der Waals surface area contributed by atoms with Gasteiger partial charge < -0.3 is 29.8 Å². The lowest BCUT2D eigenvalue weighted by atomic mass is 9.85. The third-order valence-corrected chi connectivity index (χ3v) is 7.31. The van der Waals surface area contributed by atoms with Gasteiger partial charge in [-0.15, -0.1) is 0 Å². The van der Waals surface area contributed by atoms with Gasteiger partial charge in [-0.05, 0) is 62.4 Å². The van der Waals surface area contributed by atoms with E-state index in [4.69, 9.17) is 13.9 Å². The number of nitrogens with one attached hydrogen (secondary N) is 3. The molecule has 1 aliphatic rings. The number of furan rings is 1. The molecule has 2 amide bonds. The van der Waals surface area contributed by atoms with E-state index in [-0.39, 0.29) is 28.6 Å². The van der Waals surface area contributed by atoms with Crippen molar-refractivity contribution in [3.63, 3.8) is 0 Å². The number of carbonyl (C=O) groups is 3. The number of dihydropyridines is 1. The van der Waals surface area contributed by atoms with Crippen molar-refractivity contribution in [2.24, 2.45) is 0 Å². The standard InChI is InChI=1S/C30H28N4O6S/c1-17-27(29(37)34-23-14-21(38-3)11-12-24(23)39-4)28(25-6-5-13-40-25)22(15-31)30(32-17)41-16-26(36)33-20-9-7-19(8-10-20)18(2)35/h5-14,28,32H,16H2,1-4H3,(H,33,36)(H,34,37)/t28-/m0/s1. The number of carbonyl (C=O) groups excluding carboxylic acids is 3. The Hall–Kier alpha value is -4.95. The number of anilines is 2. The molecule has 0 bridgehead atoms. The fraction of sp³-hybridized carbons (Fsp3) is 0.200. The Morgan fingerprint density at radius 3 is 2.44 bits per heavy atom. The molecule has 1 aliphatic heterocycles. The molecule has 0 spiro atoms. The van der Waals surface area contributed by atoms with E-state index in [1.54, 1.807) is 61.5 Å². The highest BCUT2D eigenvalue weighted by molar-refractivity contribution is 8.03. The van der Waals surface area contributed by atoms with Crippen LogP contribution in [0, 0.1) is 11.3 Å². The summed E-state index contributed by atoms with van der Waals surface area (Å²) in [5, 5.41) is 19.4. The molecule has 1 atom stereocenters. The summed E-state index contributed by atoms with van der Waals surface area (Å²) in [6.45, 7) is 3.19.